The van der Waals surface area contributed by atoms with Crippen LogP contribution in [-0.2, 0) is 4.79 Å². The molecule has 7 nitrogen and oxygen atoms in total. The second-order valence-corrected chi connectivity index (χ2v) is 16.5. The monoisotopic (exact) mass is 801 g/mol. The van der Waals surface area contributed by atoms with Gasteiger partial charge in [0.2, 0.25) is 0 Å². The SMILES string of the molecule is CCCCCCCCCCCCCCC(=O)Oc1ccc2c(C(=O)c3ccc(OCCN4CCCCC4)cc3)c(-c3ccc(OC(=O)c4ccccc4)cc3)sc2c1. The molecule has 1 aliphatic heterocycles. The minimum atomic E-state index is -0.439. The van der Waals surface area contributed by atoms with E-state index in [0.717, 1.165) is 65.2 Å². The number of likely N-dealkylation sites (tertiary alicyclic amines) is 1. The molecule has 1 saturated heterocycles. The second-order valence-electron chi connectivity index (χ2n) is 15.5. The van der Waals surface area contributed by atoms with Crippen LogP contribution in [0.1, 0.15) is 136 Å². The van der Waals surface area contributed by atoms with E-state index in [-0.39, 0.29) is 11.8 Å². The molecule has 5 aromatic rings. The van der Waals surface area contributed by atoms with Gasteiger partial charge in [-0.2, -0.15) is 0 Å². The van der Waals surface area contributed by atoms with Crippen LogP contribution in [0, 0.1) is 0 Å². The topological polar surface area (TPSA) is 82.1 Å². The van der Waals surface area contributed by atoms with Crippen LogP contribution in [0.2, 0.25) is 0 Å². The van der Waals surface area contributed by atoms with E-state index in [2.05, 4.69) is 11.8 Å². The summed E-state index contributed by atoms with van der Waals surface area (Å²) in [7, 11) is 0. The lowest BCUT2D eigenvalue weighted by Crippen LogP contribution is -2.33. The van der Waals surface area contributed by atoms with Gasteiger partial charge in [-0.3, -0.25) is 14.5 Å². The van der Waals surface area contributed by atoms with Gasteiger partial charge in [0.05, 0.1) is 5.56 Å². The number of piperidine rings is 1. The van der Waals surface area contributed by atoms with Crippen molar-refractivity contribution in [3.05, 3.63) is 114 Å². The minimum Gasteiger partial charge on any atom is -0.492 e. The zero-order chi connectivity index (χ0) is 40.4. The quantitative estimate of drug-likeness (QED) is 0.0281. The molecule has 0 radical (unpaired) electrons. The van der Waals surface area contributed by atoms with Gasteiger partial charge >= 0.3 is 11.9 Å². The summed E-state index contributed by atoms with van der Waals surface area (Å²) < 4.78 is 18.3. The summed E-state index contributed by atoms with van der Waals surface area (Å²) in [4.78, 5) is 43.2. The van der Waals surface area contributed by atoms with Crippen molar-refractivity contribution in [1.29, 1.82) is 0 Å². The summed E-state index contributed by atoms with van der Waals surface area (Å²) in [5, 5.41) is 0.784. The lowest BCUT2D eigenvalue weighted by Gasteiger charge is -2.26. The zero-order valence-corrected chi connectivity index (χ0v) is 35.0. The Balaban J connectivity index is 1.10. The summed E-state index contributed by atoms with van der Waals surface area (Å²) in [6, 6.07) is 29.0. The maximum atomic E-state index is 14.4. The predicted octanol–water partition coefficient (Wildman–Crippen LogP) is 12.9. The normalized spacial score (nSPS) is 13.1. The van der Waals surface area contributed by atoms with Gasteiger partial charge in [0.25, 0.3) is 0 Å². The molecule has 1 fully saturated rings. The van der Waals surface area contributed by atoms with Crippen molar-refractivity contribution in [2.45, 2.75) is 110 Å². The maximum absolute atomic E-state index is 14.4. The first-order valence-corrected chi connectivity index (χ1v) is 22.4. The van der Waals surface area contributed by atoms with Gasteiger partial charge in [0.15, 0.2) is 5.78 Å². The highest BCUT2D eigenvalue weighted by molar-refractivity contribution is 7.22. The highest BCUT2D eigenvalue weighted by atomic mass is 32.1. The van der Waals surface area contributed by atoms with Crippen molar-refractivity contribution in [3.63, 3.8) is 0 Å². The molecule has 0 N–H and O–H groups in total. The molecule has 1 aromatic heterocycles. The van der Waals surface area contributed by atoms with Gasteiger partial charge in [-0.1, -0.05) is 102 Å². The number of carbonyl (C=O) groups is 3. The Bertz CT molecular complexity index is 2030. The van der Waals surface area contributed by atoms with Crippen molar-refractivity contribution in [2.24, 2.45) is 0 Å². The number of fused-ring (bicyclic) bond motifs is 1. The van der Waals surface area contributed by atoms with Crippen LogP contribution in [0.4, 0.5) is 0 Å². The summed E-state index contributed by atoms with van der Waals surface area (Å²) >= 11 is 1.47. The standard InChI is InChI=1S/C50H59NO6S/c1-2-3-4-5-6-7-8-9-10-11-12-17-22-46(52)56-43-31-32-44-45(37-43)58-49(39-25-29-42(30-26-39)57-50(54)40-20-15-13-16-21-40)47(44)48(53)38-23-27-41(28-24-38)55-36-35-51-33-18-14-19-34-51/h13,15-16,20-21,23-32,37H,2-12,14,17-19,22,33-36H2,1H3. The van der Waals surface area contributed by atoms with Gasteiger partial charge in [0.1, 0.15) is 23.9 Å². The molecular formula is C50H59NO6S. The van der Waals surface area contributed by atoms with Crippen molar-refractivity contribution in [1.82, 2.24) is 4.90 Å². The maximum Gasteiger partial charge on any atom is 0.343 e. The van der Waals surface area contributed by atoms with Crippen molar-refractivity contribution in [3.8, 4) is 27.7 Å². The van der Waals surface area contributed by atoms with Gasteiger partial charge in [0, 0.05) is 39.1 Å². The molecule has 6 rings (SSSR count). The van der Waals surface area contributed by atoms with Crippen molar-refractivity contribution in [2.75, 3.05) is 26.2 Å². The largest absolute Gasteiger partial charge is 0.492 e. The molecule has 0 bridgehead atoms. The Kier molecular flexibility index (Phi) is 17.0. The molecule has 0 amide bonds. The fourth-order valence-corrected chi connectivity index (χ4v) is 8.83. The molecular weight excluding hydrogens is 743 g/mol. The van der Waals surface area contributed by atoms with E-state index in [1.54, 1.807) is 42.5 Å². The number of hydrogen-bond donors (Lipinski definition) is 0. The average Bonchev–Trinajstić information content (AvgIpc) is 3.64. The third kappa shape index (κ3) is 12.9. The van der Waals surface area contributed by atoms with Crippen LogP contribution < -0.4 is 14.2 Å². The first-order valence-electron chi connectivity index (χ1n) is 21.6. The molecule has 0 spiro atoms. The number of esters is 2. The molecule has 58 heavy (non-hydrogen) atoms. The number of thiophene rings is 1. The molecule has 2 heterocycles. The summed E-state index contributed by atoms with van der Waals surface area (Å²) in [5.41, 5.74) is 2.40. The molecule has 1 aliphatic rings. The highest BCUT2D eigenvalue weighted by Crippen LogP contribution is 2.42. The molecule has 4 aromatic carbocycles. The number of ether oxygens (including phenoxy) is 3. The third-order valence-electron chi connectivity index (χ3n) is 10.9. The number of nitrogens with zero attached hydrogens (tertiary/aromatic N) is 1. The van der Waals surface area contributed by atoms with Gasteiger partial charge in [-0.05, 0) is 117 Å². The lowest BCUT2D eigenvalue weighted by atomic mass is 9.97. The first kappa shape index (κ1) is 42.8. The third-order valence-corrected chi connectivity index (χ3v) is 12.1. The van der Waals surface area contributed by atoms with E-state index < -0.39 is 5.97 Å². The molecule has 0 aliphatic carbocycles. The van der Waals surface area contributed by atoms with Crippen molar-refractivity contribution >= 4 is 39.1 Å². The summed E-state index contributed by atoms with van der Waals surface area (Å²) in [5.74, 6) is 0.823. The number of unbranched alkanes of at least 4 members (excludes halogenated alkanes) is 11. The molecule has 0 saturated carbocycles. The minimum absolute atomic E-state index is 0.114. The van der Waals surface area contributed by atoms with Gasteiger partial charge < -0.3 is 14.2 Å². The van der Waals surface area contributed by atoms with E-state index in [0.29, 0.717) is 41.2 Å². The Morgan fingerprint density at radius 2 is 1.24 bits per heavy atom. The van der Waals surface area contributed by atoms with Crippen LogP contribution in [-0.4, -0.2) is 48.9 Å². The van der Waals surface area contributed by atoms with Gasteiger partial charge in [-0.25, -0.2) is 4.79 Å². The number of carbonyl (C=O) groups excluding carboxylic acids is 3. The Morgan fingerprint density at radius 1 is 0.621 bits per heavy atom. The Hall–Kier alpha value is -4.79. The fraction of sp³-hybridized carbons (Fsp3) is 0.420. The van der Waals surface area contributed by atoms with Crippen LogP contribution in [0.25, 0.3) is 20.5 Å². The van der Waals surface area contributed by atoms with E-state index in [1.807, 2.05) is 54.6 Å². The number of ketones is 1. The summed E-state index contributed by atoms with van der Waals surface area (Å²) in [6.07, 6.45) is 19.0. The lowest BCUT2D eigenvalue weighted by molar-refractivity contribution is -0.134. The Morgan fingerprint density at radius 3 is 1.91 bits per heavy atom. The van der Waals surface area contributed by atoms with Crippen molar-refractivity contribution < 1.29 is 28.6 Å². The highest BCUT2D eigenvalue weighted by Gasteiger charge is 2.23. The smallest absolute Gasteiger partial charge is 0.343 e. The second kappa shape index (κ2) is 23.0. The fourth-order valence-electron chi connectivity index (χ4n) is 7.60. The molecule has 306 valence electrons. The van der Waals surface area contributed by atoms with Crippen LogP contribution in [0.3, 0.4) is 0 Å². The van der Waals surface area contributed by atoms with Gasteiger partial charge in [-0.15, -0.1) is 11.3 Å². The first-order chi connectivity index (χ1) is 28.5. The molecule has 8 heteroatoms. The average molecular weight is 802 g/mol. The number of rotatable bonds is 23. The Labute approximate surface area is 348 Å². The predicted molar refractivity (Wildman–Crippen MR) is 236 cm³/mol. The number of hydrogen-bond acceptors (Lipinski definition) is 8. The molecule has 0 unspecified atom stereocenters. The van der Waals surface area contributed by atoms with E-state index in [4.69, 9.17) is 14.2 Å². The zero-order valence-electron chi connectivity index (χ0n) is 34.2. The summed E-state index contributed by atoms with van der Waals surface area (Å²) in [6.45, 7) is 6.01. The van der Waals surface area contributed by atoms with E-state index in [1.165, 1.54) is 88.4 Å². The van der Waals surface area contributed by atoms with Crippen LogP contribution in [0.15, 0.2) is 97.1 Å². The van der Waals surface area contributed by atoms with Crippen LogP contribution in [0.5, 0.6) is 17.2 Å². The van der Waals surface area contributed by atoms with Crippen LogP contribution >= 0.6 is 11.3 Å². The molecule has 0 atom stereocenters. The van der Waals surface area contributed by atoms with E-state index >= 15 is 0 Å². The van der Waals surface area contributed by atoms with E-state index in [9.17, 15) is 14.4 Å². The number of benzene rings is 4.